The van der Waals surface area contributed by atoms with Crippen LogP contribution < -0.4 is 0 Å². The van der Waals surface area contributed by atoms with Crippen molar-refractivity contribution in [1.29, 1.82) is 0 Å². The van der Waals surface area contributed by atoms with Gasteiger partial charge in [-0.2, -0.15) is 0 Å². The molecule has 1 aliphatic rings. The van der Waals surface area contributed by atoms with Crippen molar-refractivity contribution in [2.45, 2.75) is 30.0 Å². The Morgan fingerprint density at radius 1 is 1.33 bits per heavy atom. The van der Waals surface area contributed by atoms with Crippen molar-refractivity contribution in [2.75, 3.05) is 0 Å². The van der Waals surface area contributed by atoms with Gasteiger partial charge in [0.1, 0.15) is 0 Å². The van der Waals surface area contributed by atoms with E-state index in [1.807, 2.05) is 0 Å². The van der Waals surface area contributed by atoms with Gasteiger partial charge in [0.15, 0.2) is 3.79 Å². The molecular weight excluding hydrogens is 178 g/mol. The molecule has 0 atom stereocenters. The fourth-order valence-corrected chi connectivity index (χ4v) is 1.84. The summed E-state index contributed by atoms with van der Waals surface area (Å²) < 4.78 is -1.04. The maximum Gasteiger partial charge on any atom is 0.191 e. The summed E-state index contributed by atoms with van der Waals surface area (Å²) >= 11 is 16.8. The molecule has 9 heavy (non-hydrogen) atoms. The summed E-state index contributed by atoms with van der Waals surface area (Å²) in [7, 11) is 0. The van der Waals surface area contributed by atoms with Gasteiger partial charge in [-0.3, -0.25) is 0 Å². The van der Waals surface area contributed by atoms with Crippen molar-refractivity contribution < 1.29 is 0 Å². The predicted octanol–water partition coefficient (Wildman–Crippen LogP) is 3.55. The first-order valence-corrected chi connectivity index (χ1v) is 4.12. The van der Waals surface area contributed by atoms with Crippen LogP contribution in [-0.2, 0) is 0 Å². The third kappa shape index (κ3) is 2.97. The van der Waals surface area contributed by atoms with Gasteiger partial charge in [-0.15, -0.1) is 0 Å². The Labute approximate surface area is 70.5 Å². The normalized spacial score (nSPS) is 24.0. The number of halogens is 3. The molecule has 0 aromatic rings. The van der Waals surface area contributed by atoms with E-state index in [4.69, 9.17) is 34.8 Å². The van der Waals surface area contributed by atoms with E-state index in [-0.39, 0.29) is 0 Å². The van der Waals surface area contributed by atoms with Gasteiger partial charge in [-0.05, 0) is 24.7 Å². The van der Waals surface area contributed by atoms with Gasteiger partial charge in [0, 0.05) is 0 Å². The lowest BCUT2D eigenvalue weighted by Crippen LogP contribution is -2.08. The molecule has 0 saturated heterocycles. The Morgan fingerprint density at radius 3 is 1.89 bits per heavy atom. The first-order valence-electron chi connectivity index (χ1n) is 2.98. The van der Waals surface area contributed by atoms with E-state index in [9.17, 15) is 0 Å². The Bertz CT molecular complexity index is 107. The SMILES string of the molecule is CC1(CC(Cl)(Cl)Cl)CC1. The number of rotatable bonds is 1. The first-order chi connectivity index (χ1) is 3.91. The molecule has 0 spiro atoms. The Kier molecular flexibility index (Phi) is 1.93. The number of hydrogen-bond donors (Lipinski definition) is 0. The third-order valence-corrected chi connectivity index (χ3v) is 2.13. The molecule has 0 N–H and O–H groups in total. The fourth-order valence-electron chi connectivity index (χ4n) is 0.874. The molecule has 1 fully saturated rings. The van der Waals surface area contributed by atoms with E-state index >= 15 is 0 Å². The monoisotopic (exact) mass is 186 g/mol. The molecule has 0 amide bonds. The average Bonchev–Trinajstić information content (AvgIpc) is 2.12. The molecule has 0 aromatic heterocycles. The third-order valence-electron chi connectivity index (χ3n) is 1.73. The van der Waals surface area contributed by atoms with Crippen LogP contribution in [0.25, 0.3) is 0 Å². The lowest BCUT2D eigenvalue weighted by molar-refractivity contribution is 0.526. The summed E-state index contributed by atoms with van der Waals surface area (Å²) in [5, 5.41) is 0. The molecule has 0 aliphatic heterocycles. The minimum absolute atomic E-state index is 0.339. The minimum Gasteiger partial charge on any atom is -0.0837 e. The van der Waals surface area contributed by atoms with E-state index in [0.717, 1.165) is 0 Å². The summed E-state index contributed by atoms with van der Waals surface area (Å²) in [5.41, 5.74) is 0.339. The van der Waals surface area contributed by atoms with Crippen LogP contribution in [0.1, 0.15) is 26.2 Å². The molecule has 0 unspecified atom stereocenters. The lowest BCUT2D eigenvalue weighted by Gasteiger charge is -2.14. The van der Waals surface area contributed by atoms with Gasteiger partial charge in [0.25, 0.3) is 0 Å². The van der Waals surface area contributed by atoms with Crippen molar-refractivity contribution in [3.63, 3.8) is 0 Å². The van der Waals surface area contributed by atoms with Crippen LogP contribution in [0.15, 0.2) is 0 Å². The molecule has 0 aromatic carbocycles. The molecule has 0 heterocycles. The first kappa shape index (κ1) is 7.97. The molecule has 3 heteroatoms. The maximum atomic E-state index is 5.59. The summed E-state index contributed by atoms with van der Waals surface area (Å²) in [4.78, 5) is 0. The Morgan fingerprint density at radius 2 is 1.78 bits per heavy atom. The Balaban J connectivity index is 2.33. The van der Waals surface area contributed by atoms with E-state index < -0.39 is 3.79 Å². The molecule has 1 rings (SSSR count). The molecule has 54 valence electrons. The van der Waals surface area contributed by atoms with Gasteiger partial charge < -0.3 is 0 Å². The van der Waals surface area contributed by atoms with Gasteiger partial charge in [0.05, 0.1) is 0 Å². The summed E-state index contributed by atoms with van der Waals surface area (Å²) in [5.74, 6) is 0. The largest absolute Gasteiger partial charge is 0.191 e. The summed E-state index contributed by atoms with van der Waals surface area (Å²) in [6, 6.07) is 0. The van der Waals surface area contributed by atoms with E-state index in [1.165, 1.54) is 12.8 Å². The second-order valence-electron chi connectivity index (χ2n) is 3.10. The molecule has 0 radical (unpaired) electrons. The number of hydrogen-bond acceptors (Lipinski definition) is 0. The van der Waals surface area contributed by atoms with Crippen molar-refractivity contribution in [1.82, 2.24) is 0 Å². The van der Waals surface area contributed by atoms with Crippen LogP contribution in [0.2, 0.25) is 0 Å². The molecular formula is C6H9Cl3. The summed E-state index contributed by atoms with van der Waals surface area (Å²) in [6.45, 7) is 2.15. The maximum absolute atomic E-state index is 5.59. The van der Waals surface area contributed by atoms with Gasteiger partial charge in [-0.25, -0.2) is 0 Å². The lowest BCUT2D eigenvalue weighted by atomic mass is 10.1. The number of alkyl halides is 3. The van der Waals surface area contributed by atoms with Crippen LogP contribution in [0, 0.1) is 5.41 Å². The average molecular weight is 187 g/mol. The predicted molar refractivity (Wildman–Crippen MR) is 42.2 cm³/mol. The second-order valence-corrected chi connectivity index (χ2v) is 5.62. The quantitative estimate of drug-likeness (QED) is 0.551. The van der Waals surface area contributed by atoms with Gasteiger partial charge in [0.2, 0.25) is 0 Å². The highest BCUT2D eigenvalue weighted by Gasteiger charge is 2.43. The highest BCUT2D eigenvalue weighted by Crippen LogP contribution is 2.54. The van der Waals surface area contributed by atoms with Crippen LogP contribution in [0.4, 0.5) is 0 Å². The van der Waals surface area contributed by atoms with E-state index in [2.05, 4.69) is 6.92 Å². The van der Waals surface area contributed by atoms with Gasteiger partial charge in [-0.1, -0.05) is 41.7 Å². The van der Waals surface area contributed by atoms with Crippen LogP contribution in [0.3, 0.4) is 0 Å². The minimum atomic E-state index is -1.04. The van der Waals surface area contributed by atoms with E-state index in [0.29, 0.717) is 11.8 Å². The zero-order chi connectivity index (χ0) is 7.12. The molecule has 1 saturated carbocycles. The van der Waals surface area contributed by atoms with Crippen LogP contribution >= 0.6 is 34.8 Å². The summed E-state index contributed by atoms with van der Waals surface area (Å²) in [6.07, 6.45) is 3.12. The zero-order valence-electron chi connectivity index (χ0n) is 5.26. The van der Waals surface area contributed by atoms with Crippen molar-refractivity contribution >= 4 is 34.8 Å². The standard InChI is InChI=1S/C6H9Cl3/c1-5(2-3-5)4-6(7,8)9/h2-4H2,1H3. The fraction of sp³-hybridized carbons (Fsp3) is 1.00. The second kappa shape index (κ2) is 2.18. The van der Waals surface area contributed by atoms with Crippen molar-refractivity contribution in [3.05, 3.63) is 0 Å². The van der Waals surface area contributed by atoms with Crippen LogP contribution in [-0.4, -0.2) is 3.79 Å². The molecule has 1 aliphatic carbocycles. The van der Waals surface area contributed by atoms with Crippen LogP contribution in [0.5, 0.6) is 0 Å². The highest BCUT2D eigenvalue weighted by atomic mass is 35.6. The van der Waals surface area contributed by atoms with Gasteiger partial charge >= 0.3 is 0 Å². The smallest absolute Gasteiger partial charge is 0.0837 e. The Hall–Kier alpha value is 0.870. The van der Waals surface area contributed by atoms with Crippen molar-refractivity contribution in [2.24, 2.45) is 5.41 Å². The molecule has 0 bridgehead atoms. The zero-order valence-corrected chi connectivity index (χ0v) is 7.52. The molecule has 0 nitrogen and oxygen atoms in total. The topological polar surface area (TPSA) is 0 Å². The highest BCUT2D eigenvalue weighted by molar-refractivity contribution is 6.67. The van der Waals surface area contributed by atoms with E-state index in [1.54, 1.807) is 0 Å². The van der Waals surface area contributed by atoms with Crippen molar-refractivity contribution in [3.8, 4) is 0 Å².